The van der Waals surface area contributed by atoms with E-state index >= 15 is 0 Å². The Morgan fingerprint density at radius 2 is 1.72 bits per heavy atom. The van der Waals surface area contributed by atoms with Crippen LogP contribution in [-0.4, -0.2) is 33.5 Å². The van der Waals surface area contributed by atoms with Crippen LogP contribution in [-0.2, 0) is 10.0 Å². The first-order valence-corrected chi connectivity index (χ1v) is 12.6. The van der Waals surface area contributed by atoms with E-state index in [-0.39, 0.29) is 28.9 Å². The number of amides is 1. The number of carbonyl (C=O) groups is 1. The van der Waals surface area contributed by atoms with Crippen molar-refractivity contribution in [3.63, 3.8) is 0 Å². The van der Waals surface area contributed by atoms with Crippen LogP contribution in [0.2, 0.25) is 0 Å². The van der Waals surface area contributed by atoms with E-state index in [0.717, 1.165) is 18.5 Å². The zero-order valence-electron chi connectivity index (χ0n) is 18.8. The van der Waals surface area contributed by atoms with Gasteiger partial charge in [0.15, 0.2) is 0 Å². The molecule has 0 aromatic heterocycles. The summed E-state index contributed by atoms with van der Waals surface area (Å²) >= 11 is 0. The fourth-order valence-electron chi connectivity index (χ4n) is 3.97. The van der Waals surface area contributed by atoms with Gasteiger partial charge in [-0.05, 0) is 69.0 Å². The second kappa shape index (κ2) is 12.2. The van der Waals surface area contributed by atoms with E-state index in [2.05, 4.69) is 15.4 Å². The molecular formula is C24H34ClN3O3S. The maximum absolute atomic E-state index is 12.9. The van der Waals surface area contributed by atoms with Crippen LogP contribution < -0.4 is 15.4 Å². The number of nitrogens with one attached hydrogen (secondary N) is 3. The van der Waals surface area contributed by atoms with Gasteiger partial charge in [0.1, 0.15) is 0 Å². The second-order valence-corrected chi connectivity index (χ2v) is 9.97. The third-order valence-electron chi connectivity index (χ3n) is 5.73. The molecule has 2 aromatic carbocycles. The van der Waals surface area contributed by atoms with Crippen LogP contribution in [0, 0.1) is 13.8 Å². The largest absolute Gasteiger partial charge is 0.352 e. The lowest BCUT2D eigenvalue weighted by Gasteiger charge is -2.22. The zero-order valence-corrected chi connectivity index (χ0v) is 20.4. The first-order valence-electron chi connectivity index (χ1n) is 11.1. The summed E-state index contributed by atoms with van der Waals surface area (Å²) in [5.74, 6) is -0.281. The molecule has 3 N–H and O–H groups in total. The zero-order chi connectivity index (χ0) is 22.3. The van der Waals surface area contributed by atoms with Crippen molar-refractivity contribution < 1.29 is 13.2 Å². The van der Waals surface area contributed by atoms with E-state index in [1.54, 1.807) is 43.3 Å². The molecule has 1 aliphatic rings. The number of hydrogen-bond donors (Lipinski definition) is 3. The highest BCUT2D eigenvalue weighted by Crippen LogP contribution is 2.23. The monoisotopic (exact) mass is 479 g/mol. The van der Waals surface area contributed by atoms with Crippen LogP contribution in [0.3, 0.4) is 0 Å². The van der Waals surface area contributed by atoms with E-state index in [1.165, 1.54) is 32.1 Å². The Labute approximate surface area is 198 Å². The van der Waals surface area contributed by atoms with Gasteiger partial charge in [-0.2, -0.15) is 0 Å². The maximum Gasteiger partial charge on any atom is 0.262 e. The van der Waals surface area contributed by atoms with Crippen LogP contribution >= 0.6 is 12.4 Å². The Bertz CT molecular complexity index is 1010. The highest BCUT2D eigenvalue weighted by Gasteiger charge is 2.20. The molecule has 6 nitrogen and oxygen atoms in total. The molecule has 0 saturated heterocycles. The lowest BCUT2D eigenvalue weighted by Crippen LogP contribution is -2.34. The van der Waals surface area contributed by atoms with Gasteiger partial charge in [-0.25, -0.2) is 8.42 Å². The minimum Gasteiger partial charge on any atom is -0.352 e. The molecule has 0 aliphatic heterocycles. The van der Waals surface area contributed by atoms with Crippen LogP contribution in [0.15, 0.2) is 47.4 Å². The van der Waals surface area contributed by atoms with Crippen LogP contribution in [0.1, 0.15) is 60.0 Å². The fraction of sp³-hybridized carbons (Fsp3) is 0.458. The molecule has 32 heavy (non-hydrogen) atoms. The van der Waals surface area contributed by atoms with Gasteiger partial charge in [0, 0.05) is 12.6 Å². The summed E-state index contributed by atoms with van der Waals surface area (Å²) < 4.78 is 28.5. The quantitative estimate of drug-likeness (QED) is 0.460. The number of benzene rings is 2. The Morgan fingerprint density at radius 1 is 1.00 bits per heavy atom. The van der Waals surface area contributed by atoms with Crippen molar-refractivity contribution in [3.05, 3.63) is 59.2 Å². The standard InChI is InChI=1S/C24H33N3O3S.ClH/c1-18-13-14-19(2)23(17-18)31(29,30)27-22-12-7-6-11-21(22)24(28)26-16-8-15-25-20-9-4-3-5-10-20;/h6-7,11-14,17,20,25,27H,3-5,8-10,15-16H2,1-2H3,(H,26,28);1H. The number of para-hydroxylation sites is 1. The van der Waals surface area contributed by atoms with E-state index in [0.29, 0.717) is 23.7 Å². The van der Waals surface area contributed by atoms with Crippen LogP contribution in [0.25, 0.3) is 0 Å². The van der Waals surface area contributed by atoms with E-state index in [4.69, 9.17) is 0 Å². The van der Waals surface area contributed by atoms with Gasteiger partial charge in [0.25, 0.3) is 15.9 Å². The first kappa shape index (κ1) is 26.2. The number of sulfonamides is 1. The first-order chi connectivity index (χ1) is 14.9. The Kier molecular flexibility index (Phi) is 10.0. The predicted molar refractivity (Wildman–Crippen MR) is 132 cm³/mol. The smallest absolute Gasteiger partial charge is 0.262 e. The number of carbonyl (C=O) groups excluding carboxylic acids is 1. The molecule has 1 amide bonds. The highest BCUT2D eigenvalue weighted by atomic mass is 35.5. The van der Waals surface area contributed by atoms with Crippen molar-refractivity contribution in [1.82, 2.24) is 10.6 Å². The summed E-state index contributed by atoms with van der Waals surface area (Å²) in [6.45, 7) is 5.01. The molecule has 0 heterocycles. The molecule has 3 rings (SSSR count). The third-order valence-corrected chi connectivity index (χ3v) is 7.23. The average molecular weight is 480 g/mol. The molecular weight excluding hydrogens is 446 g/mol. The number of anilines is 1. The molecule has 0 radical (unpaired) electrons. The number of halogens is 1. The van der Waals surface area contributed by atoms with E-state index in [1.807, 2.05) is 13.0 Å². The number of aryl methyl sites for hydroxylation is 2. The molecule has 2 aromatic rings. The minimum atomic E-state index is -3.80. The van der Waals surface area contributed by atoms with Gasteiger partial charge < -0.3 is 10.6 Å². The van der Waals surface area contributed by atoms with Gasteiger partial charge in [-0.1, -0.05) is 43.5 Å². The van der Waals surface area contributed by atoms with Gasteiger partial charge >= 0.3 is 0 Å². The molecule has 8 heteroatoms. The minimum absolute atomic E-state index is 0. The van der Waals surface area contributed by atoms with Crippen LogP contribution in [0.4, 0.5) is 5.69 Å². The lowest BCUT2D eigenvalue weighted by atomic mass is 9.95. The van der Waals surface area contributed by atoms with E-state index in [9.17, 15) is 13.2 Å². The molecule has 1 saturated carbocycles. The van der Waals surface area contributed by atoms with Crippen molar-refractivity contribution in [2.45, 2.75) is 63.3 Å². The summed E-state index contributed by atoms with van der Waals surface area (Å²) in [5.41, 5.74) is 2.11. The molecule has 0 bridgehead atoms. The second-order valence-electron chi connectivity index (χ2n) is 8.32. The van der Waals surface area contributed by atoms with Crippen LogP contribution in [0.5, 0.6) is 0 Å². The normalized spacial score (nSPS) is 14.4. The molecule has 1 fully saturated rings. The molecule has 0 spiro atoms. The summed E-state index contributed by atoms with van der Waals surface area (Å²) in [6.07, 6.45) is 7.23. The van der Waals surface area contributed by atoms with Crippen molar-refractivity contribution in [2.75, 3.05) is 17.8 Å². The topological polar surface area (TPSA) is 87.3 Å². The fourth-order valence-corrected chi connectivity index (χ4v) is 5.38. The Morgan fingerprint density at radius 3 is 2.47 bits per heavy atom. The van der Waals surface area contributed by atoms with Gasteiger partial charge in [-0.3, -0.25) is 9.52 Å². The van der Waals surface area contributed by atoms with Gasteiger partial charge in [0.05, 0.1) is 16.1 Å². The highest BCUT2D eigenvalue weighted by molar-refractivity contribution is 7.92. The SMILES string of the molecule is Cc1ccc(C)c(S(=O)(=O)Nc2ccccc2C(=O)NCCCNC2CCCCC2)c1.Cl. The maximum atomic E-state index is 12.9. The van der Waals surface area contributed by atoms with Crippen molar-refractivity contribution in [1.29, 1.82) is 0 Å². The average Bonchev–Trinajstić information content (AvgIpc) is 2.76. The van der Waals surface area contributed by atoms with Crippen molar-refractivity contribution in [3.8, 4) is 0 Å². The van der Waals surface area contributed by atoms with Gasteiger partial charge in [-0.15, -0.1) is 12.4 Å². The number of rotatable bonds is 9. The summed E-state index contributed by atoms with van der Waals surface area (Å²) in [7, 11) is -3.80. The molecule has 1 aliphatic carbocycles. The summed E-state index contributed by atoms with van der Waals surface area (Å²) in [4.78, 5) is 12.9. The number of hydrogen-bond acceptors (Lipinski definition) is 4. The molecule has 0 unspecified atom stereocenters. The summed E-state index contributed by atoms with van der Waals surface area (Å²) in [5, 5.41) is 6.47. The van der Waals surface area contributed by atoms with Crippen molar-refractivity contribution >= 4 is 34.0 Å². The molecule has 0 atom stereocenters. The van der Waals surface area contributed by atoms with Gasteiger partial charge in [0.2, 0.25) is 0 Å². The summed E-state index contributed by atoms with van der Waals surface area (Å²) in [6, 6.07) is 12.6. The van der Waals surface area contributed by atoms with E-state index < -0.39 is 10.0 Å². The third kappa shape index (κ3) is 7.22. The van der Waals surface area contributed by atoms with Crippen molar-refractivity contribution in [2.24, 2.45) is 0 Å². The molecule has 176 valence electrons. The Hall–Kier alpha value is -2.09. The Balaban J connectivity index is 0.00000363. The lowest BCUT2D eigenvalue weighted by molar-refractivity contribution is 0.0954. The predicted octanol–water partition coefficient (Wildman–Crippen LogP) is 4.57.